The van der Waals surface area contributed by atoms with E-state index in [4.69, 9.17) is 0 Å². The maximum atomic E-state index is 10.6. The molecule has 2 rings (SSSR count). The number of hydrogen-bond donors (Lipinski definition) is 0. The summed E-state index contributed by atoms with van der Waals surface area (Å²) < 4.78 is 0. The van der Waals surface area contributed by atoms with Gasteiger partial charge in [0.2, 0.25) is 0 Å². The lowest BCUT2D eigenvalue weighted by Crippen LogP contribution is -1.93. The summed E-state index contributed by atoms with van der Waals surface area (Å²) in [5.41, 5.74) is 1.06. The van der Waals surface area contributed by atoms with E-state index in [0.717, 1.165) is 31.2 Å². The summed E-state index contributed by atoms with van der Waals surface area (Å²) in [6.45, 7) is 4.07. The predicted octanol–water partition coefficient (Wildman–Crippen LogP) is 4.54. The van der Waals surface area contributed by atoms with Gasteiger partial charge < -0.3 is 0 Å². The number of carbonyl (C=O) groups is 1. The van der Waals surface area contributed by atoms with Gasteiger partial charge in [0.15, 0.2) is 0 Å². The summed E-state index contributed by atoms with van der Waals surface area (Å²) in [4.78, 5) is 14.8. The molecule has 104 valence electrons. The zero-order chi connectivity index (χ0) is 13.2. The van der Waals surface area contributed by atoms with Gasteiger partial charge >= 0.3 is 0 Å². The van der Waals surface area contributed by atoms with Gasteiger partial charge in [-0.05, 0) is 25.0 Å². The Morgan fingerprint density at radius 2 is 1.58 bits per heavy atom. The Bertz CT molecular complexity index is 411. The van der Waals surface area contributed by atoms with Crippen LogP contribution in [0.4, 0.5) is 4.70 Å². The molecule has 0 atom stereocenters. The number of rotatable bonds is 4. The maximum absolute atomic E-state index is 10.6. The number of hydrogen-bond acceptors (Lipinski definition) is 2. The Morgan fingerprint density at radius 3 is 2.16 bits per heavy atom. The molecule has 2 aromatic rings. The Labute approximate surface area is 114 Å². The number of ketones is 1. The predicted molar refractivity (Wildman–Crippen MR) is 79.1 cm³/mol. The summed E-state index contributed by atoms with van der Waals surface area (Å²) in [7, 11) is 0. The topological polar surface area (TPSA) is 30.0 Å². The van der Waals surface area contributed by atoms with E-state index in [-0.39, 0.29) is 4.70 Å². The molecule has 3 heteroatoms. The molecule has 1 heterocycles. The Kier molecular flexibility index (Phi) is 9.23. The third-order valence-corrected chi connectivity index (χ3v) is 2.57. The molecular weight excluding hydrogens is 241 g/mol. The number of nitrogens with zero attached hydrogens (tertiary/aromatic N) is 1. The molecule has 0 bridgehead atoms. The molecular formula is C16H22FNO. The molecule has 19 heavy (non-hydrogen) atoms. The summed E-state index contributed by atoms with van der Waals surface area (Å²) >= 11 is 0. The van der Waals surface area contributed by atoms with E-state index >= 15 is 0 Å². The minimum Gasteiger partial charge on any atom is -0.300 e. The van der Waals surface area contributed by atoms with E-state index in [0.29, 0.717) is 5.78 Å². The standard InChI is InChI=1S/C9H7N.C7H14O.FH/c1-2-6-9-8(4-1)5-3-7-10-9;1-3-5-7(8)6-4-2;/h1-7H;3-6H2,1-2H3;1H. The highest BCUT2D eigenvalue weighted by Crippen LogP contribution is 2.07. The van der Waals surface area contributed by atoms with Crippen LogP contribution in [0.25, 0.3) is 10.9 Å². The third-order valence-electron chi connectivity index (χ3n) is 2.57. The third kappa shape index (κ3) is 6.65. The van der Waals surface area contributed by atoms with Crippen molar-refractivity contribution in [1.29, 1.82) is 0 Å². The monoisotopic (exact) mass is 263 g/mol. The van der Waals surface area contributed by atoms with E-state index in [2.05, 4.69) is 17.1 Å². The highest BCUT2D eigenvalue weighted by Gasteiger charge is 1.94. The molecule has 0 fully saturated rings. The van der Waals surface area contributed by atoms with Crippen molar-refractivity contribution in [2.24, 2.45) is 0 Å². The quantitative estimate of drug-likeness (QED) is 0.810. The molecule has 0 radical (unpaired) electrons. The van der Waals surface area contributed by atoms with Crippen LogP contribution < -0.4 is 0 Å². The lowest BCUT2D eigenvalue weighted by atomic mass is 10.1. The van der Waals surface area contributed by atoms with Crippen LogP contribution in [-0.2, 0) is 4.79 Å². The van der Waals surface area contributed by atoms with Crippen LogP contribution in [0.15, 0.2) is 42.6 Å². The van der Waals surface area contributed by atoms with Gasteiger partial charge in [-0.1, -0.05) is 38.1 Å². The zero-order valence-corrected chi connectivity index (χ0v) is 11.6. The number of para-hydroxylation sites is 1. The highest BCUT2D eigenvalue weighted by molar-refractivity contribution is 5.78. The van der Waals surface area contributed by atoms with Crippen molar-refractivity contribution >= 4 is 16.7 Å². The molecule has 0 aliphatic carbocycles. The van der Waals surface area contributed by atoms with Gasteiger partial charge in [-0.15, -0.1) is 0 Å². The summed E-state index contributed by atoms with van der Waals surface area (Å²) in [6.07, 6.45) is 5.35. The minimum absolute atomic E-state index is 0. The minimum atomic E-state index is 0. The molecule has 0 unspecified atom stereocenters. The Hall–Kier alpha value is -1.77. The SMILES string of the molecule is CCCC(=O)CCC.F.c1ccc2ncccc2c1. The second-order valence-electron chi connectivity index (χ2n) is 4.23. The van der Waals surface area contributed by atoms with Crippen molar-refractivity contribution < 1.29 is 9.50 Å². The first-order valence-electron chi connectivity index (χ1n) is 6.59. The molecule has 1 aromatic carbocycles. The van der Waals surface area contributed by atoms with Crippen LogP contribution in [0.2, 0.25) is 0 Å². The van der Waals surface area contributed by atoms with Crippen molar-refractivity contribution in [1.82, 2.24) is 4.98 Å². The summed E-state index contributed by atoms with van der Waals surface area (Å²) in [5, 5.41) is 1.20. The highest BCUT2D eigenvalue weighted by atomic mass is 19.0. The summed E-state index contributed by atoms with van der Waals surface area (Å²) in [6, 6.07) is 12.1. The normalized spacial score (nSPS) is 9.16. The van der Waals surface area contributed by atoms with Crippen LogP contribution in [0.3, 0.4) is 0 Å². The van der Waals surface area contributed by atoms with Crippen molar-refractivity contribution in [2.75, 3.05) is 0 Å². The average molecular weight is 263 g/mol. The molecule has 0 amide bonds. The molecule has 0 saturated heterocycles. The number of carbonyl (C=O) groups excluding carboxylic acids is 1. The lowest BCUT2D eigenvalue weighted by molar-refractivity contribution is -0.119. The smallest absolute Gasteiger partial charge is 0.132 e. The zero-order valence-electron chi connectivity index (χ0n) is 11.6. The van der Waals surface area contributed by atoms with Gasteiger partial charge in [0.25, 0.3) is 0 Å². The number of benzene rings is 1. The van der Waals surface area contributed by atoms with E-state index < -0.39 is 0 Å². The fourth-order valence-corrected chi connectivity index (χ4v) is 1.70. The first-order chi connectivity index (χ1) is 8.77. The number of aromatic nitrogens is 1. The van der Waals surface area contributed by atoms with Gasteiger partial charge in [0, 0.05) is 24.4 Å². The van der Waals surface area contributed by atoms with Crippen molar-refractivity contribution in [2.45, 2.75) is 39.5 Å². The first-order valence-corrected chi connectivity index (χ1v) is 6.59. The summed E-state index contributed by atoms with van der Waals surface area (Å²) in [5.74, 6) is 0.412. The lowest BCUT2D eigenvalue weighted by Gasteiger charge is -1.91. The van der Waals surface area contributed by atoms with Crippen LogP contribution in [0.1, 0.15) is 39.5 Å². The number of halogens is 1. The Balaban J connectivity index is 0.000000335. The van der Waals surface area contributed by atoms with E-state index in [1.165, 1.54) is 5.39 Å². The largest absolute Gasteiger partial charge is 0.300 e. The van der Waals surface area contributed by atoms with Gasteiger partial charge in [-0.2, -0.15) is 0 Å². The molecule has 0 aliphatic rings. The van der Waals surface area contributed by atoms with Crippen LogP contribution in [-0.4, -0.2) is 10.8 Å². The Morgan fingerprint density at radius 1 is 1.00 bits per heavy atom. The second-order valence-corrected chi connectivity index (χ2v) is 4.23. The molecule has 0 spiro atoms. The molecule has 0 saturated carbocycles. The van der Waals surface area contributed by atoms with Gasteiger partial charge in [0.05, 0.1) is 5.52 Å². The fourth-order valence-electron chi connectivity index (χ4n) is 1.70. The van der Waals surface area contributed by atoms with E-state index in [9.17, 15) is 4.79 Å². The molecule has 0 aliphatic heterocycles. The van der Waals surface area contributed by atoms with Crippen molar-refractivity contribution in [3.63, 3.8) is 0 Å². The van der Waals surface area contributed by atoms with Crippen molar-refractivity contribution in [3.05, 3.63) is 42.6 Å². The number of pyridine rings is 1. The maximum Gasteiger partial charge on any atom is 0.132 e. The van der Waals surface area contributed by atoms with E-state index in [1.807, 2.05) is 44.3 Å². The average Bonchev–Trinajstić information content (AvgIpc) is 2.40. The van der Waals surface area contributed by atoms with Gasteiger partial charge in [-0.25, -0.2) is 0 Å². The van der Waals surface area contributed by atoms with Crippen LogP contribution >= 0.6 is 0 Å². The van der Waals surface area contributed by atoms with Gasteiger partial charge in [-0.3, -0.25) is 14.5 Å². The molecule has 1 aromatic heterocycles. The first kappa shape index (κ1) is 17.2. The number of fused-ring (bicyclic) bond motifs is 1. The van der Waals surface area contributed by atoms with E-state index in [1.54, 1.807) is 0 Å². The second kappa shape index (κ2) is 10.2. The van der Waals surface area contributed by atoms with Crippen molar-refractivity contribution in [3.8, 4) is 0 Å². The van der Waals surface area contributed by atoms with Gasteiger partial charge in [0.1, 0.15) is 5.78 Å². The van der Waals surface area contributed by atoms with Crippen LogP contribution in [0, 0.1) is 0 Å². The number of Topliss-reactive ketones (excluding diaryl/α,β-unsaturated/α-hetero) is 1. The molecule has 2 nitrogen and oxygen atoms in total. The molecule has 0 N–H and O–H groups in total. The fraction of sp³-hybridized carbons (Fsp3) is 0.375. The van der Waals surface area contributed by atoms with Crippen LogP contribution in [0.5, 0.6) is 0 Å².